The Morgan fingerprint density at radius 3 is 2.42 bits per heavy atom. The van der Waals surface area contributed by atoms with Gasteiger partial charge in [-0.25, -0.2) is 0 Å². The maximum atomic E-state index is 12.7. The quantitative estimate of drug-likeness (QED) is 0.838. The number of likely N-dealkylation sites (tertiary alicyclic amines) is 1. The highest BCUT2D eigenvalue weighted by Gasteiger charge is 2.30. The van der Waals surface area contributed by atoms with Gasteiger partial charge in [-0.15, -0.1) is 0 Å². The number of hydrogen-bond acceptors (Lipinski definition) is 3. The Bertz CT molecular complexity index is 561. The lowest BCUT2D eigenvalue weighted by atomic mass is 9.97. The number of hydrogen-bond donors (Lipinski definition) is 0. The van der Waals surface area contributed by atoms with Gasteiger partial charge >= 0.3 is 0 Å². The SMILES string of the molecule is CC1CCCC(C)N1C(=O)CN1CCN(c2cccc(Cl)c2)CC1. The Morgan fingerprint density at radius 2 is 1.79 bits per heavy atom. The number of carbonyl (C=O) groups is 1. The molecule has 2 atom stereocenters. The van der Waals surface area contributed by atoms with Gasteiger partial charge in [0.15, 0.2) is 0 Å². The largest absolute Gasteiger partial charge is 0.369 e. The fourth-order valence-corrected chi connectivity index (χ4v) is 4.21. The lowest BCUT2D eigenvalue weighted by Crippen LogP contribution is -2.54. The van der Waals surface area contributed by atoms with E-state index in [0.717, 1.165) is 44.0 Å². The average molecular weight is 350 g/mol. The average Bonchev–Trinajstić information content (AvgIpc) is 2.55. The predicted molar refractivity (Wildman–Crippen MR) is 99.7 cm³/mol. The van der Waals surface area contributed by atoms with E-state index in [-0.39, 0.29) is 0 Å². The van der Waals surface area contributed by atoms with E-state index in [1.54, 1.807) is 0 Å². The zero-order valence-electron chi connectivity index (χ0n) is 14.7. The molecule has 0 radical (unpaired) electrons. The van der Waals surface area contributed by atoms with E-state index >= 15 is 0 Å². The Morgan fingerprint density at radius 1 is 1.12 bits per heavy atom. The molecule has 0 saturated carbocycles. The third-order valence-electron chi connectivity index (χ3n) is 5.39. The molecule has 0 aliphatic carbocycles. The summed E-state index contributed by atoms with van der Waals surface area (Å²) in [6, 6.07) is 8.78. The molecule has 2 saturated heterocycles. The van der Waals surface area contributed by atoms with E-state index in [2.05, 4.69) is 34.6 Å². The van der Waals surface area contributed by atoms with Gasteiger partial charge in [0.25, 0.3) is 0 Å². The third-order valence-corrected chi connectivity index (χ3v) is 5.62. The van der Waals surface area contributed by atoms with Crippen molar-refractivity contribution in [1.82, 2.24) is 9.80 Å². The van der Waals surface area contributed by atoms with Gasteiger partial charge in [-0.05, 0) is 51.3 Å². The molecular weight excluding hydrogens is 322 g/mol. The molecule has 2 fully saturated rings. The van der Waals surface area contributed by atoms with E-state index in [0.29, 0.717) is 24.5 Å². The molecule has 0 aromatic heterocycles. The van der Waals surface area contributed by atoms with Gasteiger partial charge in [0.1, 0.15) is 0 Å². The van der Waals surface area contributed by atoms with Crippen molar-refractivity contribution in [2.45, 2.75) is 45.2 Å². The molecule has 2 unspecified atom stereocenters. The minimum atomic E-state index is 0.297. The predicted octanol–water partition coefficient (Wildman–Crippen LogP) is 3.25. The first-order chi connectivity index (χ1) is 11.5. The van der Waals surface area contributed by atoms with Crippen molar-refractivity contribution in [2.24, 2.45) is 0 Å². The van der Waals surface area contributed by atoms with Crippen molar-refractivity contribution in [3.63, 3.8) is 0 Å². The summed E-state index contributed by atoms with van der Waals surface area (Å²) >= 11 is 6.09. The molecule has 2 aliphatic heterocycles. The first-order valence-electron chi connectivity index (χ1n) is 9.08. The van der Waals surface area contributed by atoms with E-state index < -0.39 is 0 Å². The normalized spacial score (nSPS) is 25.8. The van der Waals surface area contributed by atoms with E-state index in [1.807, 2.05) is 18.2 Å². The zero-order chi connectivity index (χ0) is 17.1. The molecular formula is C19H28ClN3O. The summed E-state index contributed by atoms with van der Waals surface area (Å²) in [5.41, 5.74) is 1.17. The third kappa shape index (κ3) is 4.04. The number of nitrogens with zero attached hydrogens (tertiary/aromatic N) is 3. The van der Waals surface area contributed by atoms with Gasteiger partial charge in [-0.2, -0.15) is 0 Å². The Hall–Kier alpha value is -1.26. The Kier molecular flexibility index (Phi) is 5.67. The van der Waals surface area contributed by atoms with E-state index in [4.69, 9.17) is 11.6 Å². The fraction of sp³-hybridized carbons (Fsp3) is 0.632. The van der Waals surface area contributed by atoms with Crippen LogP contribution in [0, 0.1) is 0 Å². The molecule has 0 bridgehead atoms. The van der Waals surface area contributed by atoms with Crippen LogP contribution in [0.25, 0.3) is 0 Å². The molecule has 1 aromatic carbocycles. The standard InChI is InChI=1S/C19H28ClN3O/c1-15-5-3-6-16(2)23(15)19(24)14-21-9-11-22(12-10-21)18-8-4-7-17(20)13-18/h4,7-8,13,15-16H,3,5-6,9-12,14H2,1-2H3. The summed E-state index contributed by atoms with van der Waals surface area (Å²) in [7, 11) is 0. The molecule has 1 aromatic rings. The van der Waals surface area contributed by atoms with Crippen molar-refractivity contribution in [3.05, 3.63) is 29.3 Å². The fourth-order valence-electron chi connectivity index (χ4n) is 4.02. The Labute approximate surface area is 150 Å². The van der Waals surface area contributed by atoms with Crippen LogP contribution in [0.2, 0.25) is 5.02 Å². The van der Waals surface area contributed by atoms with Gasteiger partial charge in [-0.3, -0.25) is 9.69 Å². The second-order valence-electron chi connectivity index (χ2n) is 7.17. The molecule has 2 aliphatic rings. The minimum Gasteiger partial charge on any atom is -0.369 e. The number of benzene rings is 1. The second kappa shape index (κ2) is 7.75. The lowest BCUT2D eigenvalue weighted by molar-refractivity contribution is -0.138. The number of piperidine rings is 1. The van der Waals surface area contributed by atoms with Crippen molar-refractivity contribution < 1.29 is 4.79 Å². The molecule has 24 heavy (non-hydrogen) atoms. The molecule has 0 N–H and O–H groups in total. The van der Waals surface area contributed by atoms with Crippen LogP contribution in [0.3, 0.4) is 0 Å². The van der Waals surface area contributed by atoms with Gasteiger partial charge in [-0.1, -0.05) is 17.7 Å². The van der Waals surface area contributed by atoms with Crippen LogP contribution >= 0.6 is 11.6 Å². The molecule has 2 heterocycles. The maximum absolute atomic E-state index is 12.7. The van der Waals surface area contributed by atoms with Crippen LogP contribution in [0.1, 0.15) is 33.1 Å². The highest BCUT2D eigenvalue weighted by atomic mass is 35.5. The van der Waals surface area contributed by atoms with Gasteiger partial charge in [0.05, 0.1) is 6.54 Å². The van der Waals surface area contributed by atoms with Gasteiger partial charge < -0.3 is 9.80 Å². The van der Waals surface area contributed by atoms with Crippen molar-refractivity contribution in [3.8, 4) is 0 Å². The minimum absolute atomic E-state index is 0.297. The van der Waals surface area contributed by atoms with Crippen molar-refractivity contribution >= 4 is 23.2 Å². The van der Waals surface area contributed by atoms with E-state index in [9.17, 15) is 4.79 Å². The highest BCUT2D eigenvalue weighted by molar-refractivity contribution is 6.30. The number of halogens is 1. The highest BCUT2D eigenvalue weighted by Crippen LogP contribution is 2.24. The lowest BCUT2D eigenvalue weighted by Gasteiger charge is -2.41. The van der Waals surface area contributed by atoms with E-state index in [1.165, 1.54) is 12.1 Å². The number of rotatable bonds is 3. The number of anilines is 1. The molecule has 4 nitrogen and oxygen atoms in total. The van der Waals surface area contributed by atoms with Crippen LogP contribution in [0.4, 0.5) is 5.69 Å². The van der Waals surface area contributed by atoms with Gasteiger partial charge in [0.2, 0.25) is 5.91 Å². The summed E-state index contributed by atoms with van der Waals surface area (Å²) in [5.74, 6) is 0.297. The topological polar surface area (TPSA) is 26.8 Å². The monoisotopic (exact) mass is 349 g/mol. The van der Waals surface area contributed by atoms with Crippen LogP contribution in [-0.2, 0) is 4.79 Å². The Balaban J connectivity index is 1.52. The molecule has 0 spiro atoms. The van der Waals surface area contributed by atoms with Crippen LogP contribution in [0.5, 0.6) is 0 Å². The maximum Gasteiger partial charge on any atom is 0.237 e. The summed E-state index contributed by atoms with van der Waals surface area (Å²) in [5, 5.41) is 0.776. The van der Waals surface area contributed by atoms with Crippen LogP contribution in [-0.4, -0.2) is 60.5 Å². The first kappa shape index (κ1) is 17.6. The molecule has 132 valence electrons. The summed E-state index contributed by atoms with van der Waals surface area (Å²) in [4.78, 5) is 19.5. The molecule has 1 amide bonds. The number of carbonyl (C=O) groups excluding carboxylic acids is 1. The van der Waals surface area contributed by atoms with Gasteiger partial charge in [0, 0.05) is 49.0 Å². The van der Waals surface area contributed by atoms with Crippen molar-refractivity contribution in [2.75, 3.05) is 37.6 Å². The summed E-state index contributed by atoms with van der Waals surface area (Å²) in [6.07, 6.45) is 3.52. The molecule has 5 heteroatoms. The molecule has 3 rings (SSSR count). The number of amides is 1. The second-order valence-corrected chi connectivity index (χ2v) is 7.61. The smallest absolute Gasteiger partial charge is 0.237 e. The summed E-state index contributed by atoms with van der Waals surface area (Å²) < 4.78 is 0. The van der Waals surface area contributed by atoms with Crippen LogP contribution < -0.4 is 4.90 Å². The zero-order valence-corrected chi connectivity index (χ0v) is 15.5. The first-order valence-corrected chi connectivity index (χ1v) is 9.46. The summed E-state index contributed by atoms with van der Waals surface area (Å²) in [6.45, 7) is 8.66. The van der Waals surface area contributed by atoms with Crippen LogP contribution in [0.15, 0.2) is 24.3 Å². The van der Waals surface area contributed by atoms with Crippen molar-refractivity contribution in [1.29, 1.82) is 0 Å². The number of piperazine rings is 1.